The summed E-state index contributed by atoms with van der Waals surface area (Å²) < 4.78 is 5.15. The van der Waals surface area contributed by atoms with Crippen molar-refractivity contribution in [3.05, 3.63) is 77.0 Å². The van der Waals surface area contributed by atoms with Crippen molar-refractivity contribution in [2.45, 2.75) is 25.1 Å². The van der Waals surface area contributed by atoms with Gasteiger partial charge in [-0.15, -0.1) is 0 Å². The molecular formula is C22H22N2O5S. The van der Waals surface area contributed by atoms with Crippen molar-refractivity contribution in [2.75, 3.05) is 7.11 Å². The number of aliphatic imine (C=N–C) groups is 1. The van der Waals surface area contributed by atoms with E-state index in [0.29, 0.717) is 22.8 Å². The number of ether oxygens (including phenoxy) is 1. The minimum atomic E-state index is -1.69. The summed E-state index contributed by atoms with van der Waals surface area (Å²) in [5.41, 5.74) is 0.794. The molecule has 0 bridgehead atoms. The van der Waals surface area contributed by atoms with Gasteiger partial charge in [-0.1, -0.05) is 48.2 Å². The predicted molar refractivity (Wildman–Crippen MR) is 116 cm³/mol. The van der Waals surface area contributed by atoms with Gasteiger partial charge in [0.1, 0.15) is 5.75 Å². The number of amides is 1. The first-order chi connectivity index (χ1) is 14.3. The number of aryl methyl sites for hydroxylation is 1. The van der Waals surface area contributed by atoms with Gasteiger partial charge in [0.25, 0.3) is 0 Å². The molecule has 0 saturated heterocycles. The van der Waals surface area contributed by atoms with Crippen LogP contribution in [-0.4, -0.2) is 39.5 Å². The van der Waals surface area contributed by atoms with Crippen molar-refractivity contribution >= 4 is 29.0 Å². The zero-order valence-electron chi connectivity index (χ0n) is 16.8. The number of allylic oxidation sites excluding steroid dienone is 1. The maximum atomic E-state index is 12.4. The normalized spacial score (nSPS) is 18.4. The van der Waals surface area contributed by atoms with E-state index in [-0.39, 0.29) is 5.17 Å². The molecule has 7 nitrogen and oxygen atoms in total. The topological polar surface area (TPSA) is 99.4 Å². The van der Waals surface area contributed by atoms with Crippen molar-refractivity contribution in [1.29, 1.82) is 0 Å². The Labute approximate surface area is 178 Å². The van der Waals surface area contributed by atoms with E-state index in [4.69, 9.17) is 4.74 Å². The number of hydrogen-bond acceptors (Lipinski definition) is 5. The van der Waals surface area contributed by atoms with Crippen LogP contribution in [0.3, 0.4) is 0 Å². The van der Waals surface area contributed by atoms with E-state index in [2.05, 4.69) is 4.99 Å². The molecule has 0 aromatic heterocycles. The summed E-state index contributed by atoms with van der Waals surface area (Å²) in [6.45, 7) is 3.39. The summed E-state index contributed by atoms with van der Waals surface area (Å²) in [5.74, 6) is -0.0264. The molecule has 8 heteroatoms. The van der Waals surface area contributed by atoms with Crippen LogP contribution in [0.25, 0.3) is 0 Å². The molecular weight excluding hydrogens is 404 g/mol. The summed E-state index contributed by atoms with van der Waals surface area (Å²) in [6.07, 6.45) is 0.178. The van der Waals surface area contributed by atoms with Gasteiger partial charge >= 0.3 is 12.1 Å². The molecule has 3 rings (SSSR count). The summed E-state index contributed by atoms with van der Waals surface area (Å²) in [5, 5.41) is 19.9. The summed E-state index contributed by atoms with van der Waals surface area (Å²) in [4.78, 5) is 29.8. The number of rotatable bonds is 5. The van der Waals surface area contributed by atoms with E-state index in [9.17, 15) is 19.8 Å². The number of methoxy groups -OCH3 is 1. The second kappa shape index (κ2) is 8.62. The molecule has 0 aliphatic carbocycles. The highest BCUT2D eigenvalue weighted by Crippen LogP contribution is 2.38. The lowest BCUT2D eigenvalue weighted by molar-refractivity contribution is -0.141. The number of thioether (sulfide) groups is 1. The molecule has 1 heterocycles. The Kier molecular flexibility index (Phi) is 6.17. The van der Waals surface area contributed by atoms with Crippen LogP contribution in [0.4, 0.5) is 4.79 Å². The fourth-order valence-electron chi connectivity index (χ4n) is 3.31. The van der Waals surface area contributed by atoms with Crippen LogP contribution in [0.2, 0.25) is 0 Å². The van der Waals surface area contributed by atoms with Gasteiger partial charge in [0.15, 0.2) is 5.17 Å². The van der Waals surface area contributed by atoms with Crippen molar-refractivity contribution in [1.82, 2.24) is 4.90 Å². The molecule has 0 radical (unpaired) electrons. The van der Waals surface area contributed by atoms with Gasteiger partial charge in [-0.25, -0.2) is 19.5 Å². The number of carboxylic acid groups (broad SMARTS) is 2. The van der Waals surface area contributed by atoms with E-state index < -0.39 is 17.6 Å². The molecule has 2 aromatic carbocycles. The molecule has 1 atom stereocenters. The Bertz CT molecular complexity index is 1030. The quantitative estimate of drug-likeness (QED) is 0.732. The largest absolute Gasteiger partial charge is 0.497 e. The van der Waals surface area contributed by atoms with E-state index in [0.717, 1.165) is 16.0 Å². The number of amidine groups is 1. The summed E-state index contributed by atoms with van der Waals surface area (Å²) in [6, 6.07) is 14.5. The molecule has 0 saturated carbocycles. The first-order valence-corrected chi connectivity index (χ1v) is 10.1. The van der Waals surface area contributed by atoms with E-state index in [1.54, 1.807) is 26.2 Å². The van der Waals surface area contributed by atoms with E-state index >= 15 is 0 Å². The SMILES string of the molecule is COc1ccc(CSC2=NC(C(=O)O)(c3ccccc3C)C=C(C)N2C(=O)O)cc1. The van der Waals surface area contributed by atoms with Crippen LogP contribution in [0.5, 0.6) is 5.75 Å². The highest BCUT2D eigenvalue weighted by Gasteiger charge is 2.44. The Morgan fingerprint density at radius 3 is 2.33 bits per heavy atom. The highest BCUT2D eigenvalue weighted by atomic mass is 32.2. The van der Waals surface area contributed by atoms with E-state index in [1.165, 1.54) is 17.8 Å². The maximum Gasteiger partial charge on any atom is 0.417 e. The van der Waals surface area contributed by atoms with Crippen LogP contribution in [0, 0.1) is 6.92 Å². The monoisotopic (exact) mass is 426 g/mol. The van der Waals surface area contributed by atoms with Gasteiger partial charge in [-0.2, -0.15) is 0 Å². The molecule has 30 heavy (non-hydrogen) atoms. The number of nitrogens with zero attached hydrogens (tertiary/aromatic N) is 2. The summed E-state index contributed by atoms with van der Waals surface area (Å²) in [7, 11) is 1.58. The fourth-order valence-corrected chi connectivity index (χ4v) is 4.36. The second-order valence-electron chi connectivity index (χ2n) is 6.82. The molecule has 1 aliphatic rings. The fraction of sp³-hybridized carbons (Fsp3) is 0.227. The number of aliphatic carboxylic acids is 1. The first kappa shape index (κ1) is 21.4. The van der Waals surface area contributed by atoms with Gasteiger partial charge in [-0.05, 0) is 48.7 Å². The van der Waals surface area contributed by atoms with Crippen molar-refractivity contribution in [3.8, 4) is 5.75 Å². The third-order valence-corrected chi connectivity index (χ3v) is 5.84. The van der Waals surface area contributed by atoms with Crippen molar-refractivity contribution in [2.24, 2.45) is 4.99 Å². The third kappa shape index (κ3) is 4.04. The Hall–Kier alpha value is -3.26. The third-order valence-electron chi connectivity index (χ3n) is 4.83. The average molecular weight is 426 g/mol. The van der Waals surface area contributed by atoms with Crippen LogP contribution in [-0.2, 0) is 16.1 Å². The second-order valence-corrected chi connectivity index (χ2v) is 7.76. The van der Waals surface area contributed by atoms with Crippen LogP contribution in [0.15, 0.2) is 65.3 Å². The average Bonchev–Trinajstić information content (AvgIpc) is 2.72. The zero-order chi connectivity index (χ0) is 21.9. The molecule has 1 aliphatic heterocycles. The Morgan fingerprint density at radius 1 is 1.10 bits per heavy atom. The van der Waals surface area contributed by atoms with Crippen molar-refractivity contribution < 1.29 is 24.5 Å². The maximum absolute atomic E-state index is 12.4. The van der Waals surface area contributed by atoms with Crippen molar-refractivity contribution in [3.63, 3.8) is 0 Å². The lowest BCUT2D eigenvalue weighted by atomic mass is 9.85. The minimum Gasteiger partial charge on any atom is -0.497 e. The molecule has 1 unspecified atom stereocenters. The minimum absolute atomic E-state index is 0.115. The van der Waals surface area contributed by atoms with Gasteiger partial charge in [-0.3, -0.25) is 0 Å². The lowest BCUT2D eigenvalue weighted by Crippen LogP contribution is -2.43. The highest BCUT2D eigenvalue weighted by molar-refractivity contribution is 8.13. The van der Waals surface area contributed by atoms with Crippen LogP contribution >= 0.6 is 11.8 Å². The number of carboxylic acids is 1. The lowest BCUT2D eigenvalue weighted by Gasteiger charge is -2.34. The van der Waals surface area contributed by atoms with Gasteiger partial charge < -0.3 is 14.9 Å². The van der Waals surface area contributed by atoms with Gasteiger partial charge in [0, 0.05) is 11.4 Å². The van der Waals surface area contributed by atoms with Gasteiger partial charge in [0.2, 0.25) is 5.54 Å². The Morgan fingerprint density at radius 2 is 1.77 bits per heavy atom. The standard InChI is InChI=1S/C22H22N2O5S/c1-14-6-4-5-7-18(14)22(19(25)26)12-15(2)24(21(27)28)20(23-22)30-13-16-8-10-17(29-3)11-9-16/h4-12H,13H2,1-3H3,(H,25,26)(H,27,28). The molecule has 156 valence electrons. The number of carbonyl (C=O) groups is 2. The predicted octanol–water partition coefficient (Wildman–Crippen LogP) is 4.47. The molecule has 0 spiro atoms. The first-order valence-electron chi connectivity index (χ1n) is 9.16. The molecule has 0 fully saturated rings. The van der Waals surface area contributed by atoms with E-state index in [1.807, 2.05) is 43.3 Å². The number of hydrogen-bond donors (Lipinski definition) is 2. The smallest absolute Gasteiger partial charge is 0.417 e. The van der Waals surface area contributed by atoms with Crippen LogP contribution < -0.4 is 4.74 Å². The zero-order valence-corrected chi connectivity index (χ0v) is 17.6. The molecule has 2 aromatic rings. The molecule has 2 N–H and O–H groups in total. The van der Waals surface area contributed by atoms with Crippen LogP contribution in [0.1, 0.15) is 23.6 Å². The Balaban J connectivity index is 2.04. The van der Waals surface area contributed by atoms with Gasteiger partial charge in [0.05, 0.1) is 7.11 Å². The summed E-state index contributed by atoms with van der Waals surface area (Å²) >= 11 is 1.17. The number of benzene rings is 2. The molecule has 1 amide bonds.